The highest BCUT2D eigenvalue weighted by molar-refractivity contribution is 5.85. The third-order valence-electron chi connectivity index (χ3n) is 1.80. The van der Waals surface area contributed by atoms with Crippen LogP contribution in [0, 0.1) is 0 Å². The van der Waals surface area contributed by atoms with Gasteiger partial charge in [0.05, 0.1) is 0 Å². The van der Waals surface area contributed by atoms with Crippen LogP contribution in [0.5, 0.6) is 0 Å². The maximum atomic E-state index is 4.19. The minimum absolute atomic E-state index is 0. The molecule has 58 valence electrons. The van der Waals surface area contributed by atoms with E-state index in [2.05, 4.69) is 29.3 Å². The molecule has 0 unspecified atom stereocenters. The summed E-state index contributed by atoms with van der Waals surface area (Å²) < 4.78 is 0. The number of halogens is 1. The average molecular weight is 168 g/mol. The van der Waals surface area contributed by atoms with Crippen molar-refractivity contribution in [3.8, 4) is 0 Å². The molecule has 11 heavy (non-hydrogen) atoms. The second kappa shape index (κ2) is 3.54. The monoisotopic (exact) mass is 167 g/mol. The molecule has 0 saturated heterocycles. The molecule has 2 rings (SSSR count). The third-order valence-corrected chi connectivity index (χ3v) is 1.80. The third kappa shape index (κ3) is 1.60. The van der Waals surface area contributed by atoms with Gasteiger partial charge in [-0.15, -0.1) is 12.4 Å². The molecule has 0 N–H and O–H groups in total. The topological polar surface area (TPSA) is 12.4 Å². The van der Waals surface area contributed by atoms with Crippen molar-refractivity contribution in [1.29, 1.82) is 0 Å². The lowest BCUT2D eigenvalue weighted by atomic mass is 10.0. The molecule has 0 spiro atoms. The van der Waals surface area contributed by atoms with Gasteiger partial charge in [-0.3, -0.25) is 4.99 Å². The van der Waals surface area contributed by atoms with Gasteiger partial charge in [-0.25, -0.2) is 0 Å². The van der Waals surface area contributed by atoms with E-state index < -0.39 is 0 Å². The number of rotatable bonds is 0. The van der Waals surface area contributed by atoms with Crippen LogP contribution < -0.4 is 0 Å². The van der Waals surface area contributed by atoms with Crippen molar-refractivity contribution >= 4 is 18.6 Å². The molecule has 0 saturated carbocycles. The SMILES string of the molecule is C1=NCCc2ccccc21.Cl. The first kappa shape index (κ1) is 8.28. The largest absolute Gasteiger partial charge is 0.292 e. The van der Waals surface area contributed by atoms with Crippen molar-refractivity contribution in [1.82, 2.24) is 0 Å². The van der Waals surface area contributed by atoms with E-state index in [4.69, 9.17) is 0 Å². The second-order valence-electron chi connectivity index (χ2n) is 2.48. The minimum atomic E-state index is 0. The van der Waals surface area contributed by atoms with E-state index in [1.165, 1.54) is 11.1 Å². The van der Waals surface area contributed by atoms with Gasteiger partial charge in [0.15, 0.2) is 0 Å². The molecule has 0 radical (unpaired) electrons. The molecule has 1 aromatic rings. The van der Waals surface area contributed by atoms with E-state index in [1.807, 2.05) is 6.21 Å². The molecule has 0 fully saturated rings. The van der Waals surface area contributed by atoms with Gasteiger partial charge in [-0.1, -0.05) is 24.3 Å². The zero-order chi connectivity index (χ0) is 6.81. The first-order chi connectivity index (χ1) is 4.97. The van der Waals surface area contributed by atoms with Gasteiger partial charge in [0, 0.05) is 12.8 Å². The Morgan fingerprint density at radius 1 is 1.18 bits per heavy atom. The molecule has 1 aromatic carbocycles. The Hall–Kier alpha value is -0.820. The maximum absolute atomic E-state index is 4.19. The van der Waals surface area contributed by atoms with Crippen molar-refractivity contribution in [3.63, 3.8) is 0 Å². The van der Waals surface area contributed by atoms with E-state index in [0.717, 1.165) is 13.0 Å². The number of aliphatic imine (C=N–C) groups is 1. The van der Waals surface area contributed by atoms with Crippen LogP contribution in [0.3, 0.4) is 0 Å². The Balaban J connectivity index is 0.000000605. The summed E-state index contributed by atoms with van der Waals surface area (Å²) in [4.78, 5) is 4.19. The Bertz CT molecular complexity index is 268. The summed E-state index contributed by atoms with van der Waals surface area (Å²) in [5, 5.41) is 0. The molecule has 1 aliphatic heterocycles. The molecule has 2 heteroatoms. The van der Waals surface area contributed by atoms with Crippen LogP contribution in [0.2, 0.25) is 0 Å². The predicted molar refractivity (Wildman–Crippen MR) is 49.9 cm³/mol. The summed E-state index contributed by atoms with van der Waals surface area (Å²) in [5.74, 6) is 0. The van der Waals surface area contributed by atoms with E-state index in [1.54, 1.807) is 0 Å². The van der Waals surface area contributed by atoms with Crippen molar-refractivity contribution in [2.24, 2.45) is 4.99 Å². The first-order valence-corrected chi connectivity index (χ1v) is 3.54. The Kier molecular flexibility index (Phi) is 2.66. The van der Waals surface area contributed by atoms with Gasteiger partial charge in [-0.2, -0.15) is 0 Å². The lowest BCUT2D eigenvalue weighted by Crippen LogP contribution is -2.01. The van der Waals surface area contributed by atoms with Crippen molar-refractivity contribution in [3.05, 3.63) is 35.4 Å². The molecular weight excluding hydrogens is 158 g/mol. The van der Waals surface area contributed by atoms with Crippen molar-refractivity contribution in [2.45, 2.75) is 6.42 Å². The number of fused-ring (bicyclic) bond motifs is 1. The standard InChI is InChI=1S/C9H9N.ClH/c1-2-4-9-7-10-6-5-8(9)3-1;/h1-4,7H,5-6H2;1H. The van der Waals surface area contributed by atoms with Crippen molar-refractivity contribution < 1.29 is 0 Å². The lowest BCUT2D eigenvalue weighted by Gasteiger charge is -2.07. The first-order valence-electron chi connectivity index (χ1n) is 3.54. The summed E-state index contributed by atoms with van der Waals surface area (Å²) >= 11 is 0. The van der Waals surface area contributed by atoms with Crippen LogP contribution in [-0.4, -0.2) is 12.8 Å². The Morgan fingerprint density at radius 2 is 2.00 bits per heavy atom. The van der Waals surface area contributed by atoms with Crippen LogP contribution >= 0.6 is 12.4 Å². The van der Waals surface area contributed by atoms with E-state index >= 15 is 0 Å². The Labute approximate surface area is 72.6 Å². The summed E-state index contributed by atoms with van der Waals surface area (Å²) in [6, 6.07) is 8.41. The summed E-state index contributed by atoms with van der Waals surface area (Å²) in [6.45, 7) is 0.955. The molecular formula is C9H10ClN. The van der Waals surface area contributed by atoms with Gasteiger partial charge in [-0.05, 0) is 17.5 Å². The van der Waals surface area contributed by atoms with E-state index in [0.29, 0.717) is 0 Å². The number of hydrogen-bond acceptors (Lipinski definition) is 1. The normalized spacial score (nSPS) is 13.5. The van der Waals surface area contributed by atoms with Gasteiger partial charge in [0.25, 0.3) is 0 Å². The molecule has 0 amide bonds. The van der Waals surface area contributed by atoms with Crippen LogP contribution in [0.1, 0.15) is 11.1 Å². The fourth-order valence-corrected chi connectivity index (χ4v) is 1.24. The number of nitrogens with zero attached hydrogens (tertiary/aromatic N) is 1. The van der Waals surface area contributed by atoms with Crippen LogP contribution in [-0.2, 0) is 6.42 Å². The zero-order valence-corrected chi connectivity index (χ0v) is 6.97. The van der Waals surface area contributed by atoms with Gasteiger partial charge >= 0.3 is 0 Å². The fraction of sp³-hybridized carbons (Fsp3) is 0.222. The van der Waals surface area contributed by atoms with Crippen molar-refractivity contribution in [2.75, 3.05) is 6.54 Å². The van der Waals surface area contributed by atoms with Crippen LogP contribution in [0.4, 0.5) is 0 Å². The highest BCUT2D eigenvalue weighted by atomic mass is 35.5. The molecule has 0 aliphatic carbocycles. The van der Waals surface area contributed by atoms with Gasteiger partial charge in [0.2, 0.25) is 0 Å². The smallest absolute Gasteiger partial charge is 0.0430 e. The maximum Gasteiger partial charge on any atom is 0.0430 e. The lowest BCUT2D eigenvalue weighted by molar-refractivity contribution is 0.952. The Morgan fingerprint density at radius 3 is 2.82 bits per heavy atom. The molecule has 1 nitrogen and oxygen atoms in total. The van der Waals surface area contributed by atoms with Crippen LogP contribution in [0.25, 0.3) is 0 Å². The highest BCUT2D eigenvalue weighted by Gasteiger charge is 2.01. The molecule has 0 aromatic heterocycles. The van der Waals surface area contributed by atoms with Crippen LogP contribution in [0.15, 0.2) is 29.3 Å². The van der Waals surface area contributed by atoms with E-state index in [9.17, 15) is 0 Å². The second-order valence-corrected chi connectivity index (χ2v) is 2.48. The highest BCUT2D eigenvalue weighted by Crippen LogP contribution is 2.10. The predicted octanol–water partition coefficient (Wildman–Crippen LogP) is 2.08. The number of hydrogen-bond donors (Lipinski definition) is 0. The van der Waals surface area contributed by atoms with Gasteiger partial charge < -0.3 is 0 Å². The molecule has 0 bridgehead atoms. The summed E-state index contributed by atoms with van der Waals surface area (Å²) in [5.41, 5.74) is 2.71. The molecule has 1 aliphatic rings. The average Bonchev–Trinajstić information content (AvgIpc) is 2.05. The van der Waals surface area contributed by atoms with Gasteiger partial charge in [0.1, 0.15) is 0 Å². The van der Waals surface area contributed by atoms with E-state index in [-0.39, 0.29) is 12.4 Å². The quantitative estimate of drug-likeness (QED) is 0.561. The number of benzene rings is 1. The summed E-state index contributed by atoms with van der Waals surface area (Å²) in [7, 11) is 0. The zero-order valence-electron chi connectivity index (χ0n) is 6.16. The minimum Gasteiger partial charge on any atom is -0.292 e. The molecule has 1 heterocycles. The summed E-state index contributed by atoms with van der Waals surface area (Å²) in [6.07, 6.45) is 3.06. The fourth-order valence-electron chi connectivity index (χ4n) is 1.24. The molecule has 0 atom stereocenters.